The number of amides is 2. The van der Waals surface area contributed by atoms with E-state index in [-0.39, 0.29) is 0 Å². The van der Waals surface area contributed by atoms with Gasteiger partial charge in [0.25, 0.3) is 5.91 Å². The fourth-order valence-corrected chi connectivity index (χ4v) is 1.89. The zero-order valence-electron chi connectivity index (χ0n) is 9.84. The van der Waals surface area contributed by atoms with Crippen LogP contribution in [0, 0.1) is 0 Å². The zero-order chi connectivity index (χ0) is 13.1. The minimum Gasteiger partial charge on any atom is -0.486 e. The standard InChI is InChI=1S/C12H14N2O4/c1-2-8-10(14-12(16)17)11(15)13-7-5-3-4-6-9(7)18-8/h3-6,8,10,14H,2H2,1H3,(H,13,15)(H,16,17)/t8-,10+/m1/s1. The Balaban J connectivity index is 2.31. The fourth-order valence-electron chi connectivity index (χ4n) is 1.89. The van der Waals surface area contributed by atoms with Gasteiger partial charge < -0.3 is 20.5 Å². The van der Waals surface area contributed by atoms with E-state index in [9.17, 15) is 9.59 Å². The van der Waals surface area contributed by atoms with Gasteiger partial charge in [-0.3, -0.25) is 4.79 Å². The second-order valence-electron chi connectivity index (χ2n) is 3.98. The lowest BCUT2D eigenvalue weighted by Crippen LogP contribution is -2.51. The van der Waals surface area contributed by atoms with Crippen molar-refractivity contribution in [2.75, 3.05) is 5.32 Å². The maximum Gasteiger partial charge on any atom is 0.405 e. The van der Waals surface area contributed by atoms with Crippen molar-refractivity contribution >= 4 is 17.7 Å². The maximum absolute atomic E-state index is 12.0. The topological polar surface area (TPSA) is 87.7 Å². The molecule has 0 fully saturated rings. The summed E-state index contributed by atoms with van der Waals surface area (Å²) in [6.07, 6.45) is -1.25. The van der Waals surface area contributed by atoms with Gasteiger partial charge in [-0.05, 0) is 18.6 Å². The Kier molecular flexibility index (Phi) is 3.36. The quantitative estimate of drug-likeness (QED) is 0.741. The van der Waals surface area contributed by atoms with E-state index in [4.69, 9.17) is 9.84 Å². The van der Waals surface area contributed by atoms with Gasteiger partial charge in [0, 0.05) is 0 Å². The summed E-state index contributed by atoms with van der Waals surface area (Å²) >= 11 is 0. The maximum atomic E-state index is 12.0. The molecule has 1 aliphatic rings. The predicted molar refractivity (Wildman–Crippen MR) is 64.7 cm³/mol. The first-order valence-electron chi connectivity index (χ1n) is 5.68. The highest BCUT2D eigenvalue weighted by molar-refractivity contribution is 5.98. The first-order chi connectivity index (χ1) is 8.61. The number of para-hydroxylation sites is 2. The number of hydrogen-bond acceptors (Lipinski definition) is 3. The van der Waals surface area contributed by atoms with Crippen LogP contribution >= 0.6 is 0 Å². The fraction of sp³-hybridized carbons (Fsp3) is 0.333. The summed E-state index contributed by atoms with van der Waals surface area (Å²) < 4.78 is 5.68. The van der Waals surface area contributed by atoms with Crippen LogP contribution in [0.15, 0.2) is 24.3 Å². The number of carbonyl (C=O) groups excluding carboxylic acids is 1. The Morgan fingerprint density at radius 1 is 1.50 bits per heavy atom. The van der Waals surface area contributed by atoms with Crippen LogP contribution in [0.4, 0.5) is 10.5 Å². The number of fused-ring (bicyclic) bond motifs is 1. The summed E-state index contributed by atoms with van der Waals surface area (Å²) in [5.74, 6) is 0.140. The number of anilines is 1. The first-order valence-corrected chi connectivity index (χ1v) is 5.68. The third-order valence-electron chi connectivity index (χ3n) is 2.76. The number of carboxylic acid groups (broad SMARTS) is 1. The molecule has 1 aromatic carbocycles. The van der Waals surface area contributed by atoms with E-state index in [1.165, 1.54) is 0 Å². The summed E-state index contributed by atoms with van der Waals surface area (Å²) in [4.78, 5) is 22.7. The molecular formula is C12H14N2O4. The Morgan fingerprint density at radius 3 is 2.89 bits per heavy atom. The van der Waals surface area contributed by atoms with Gasteiger partial charge in [-0.1, -0.05) is 19.1 Å². The number of carbonyl (C=O) groups is 2. The van der Waals surface area contributed by atoms with Crippen molar-refractivity contribution in [3.8, 4) is 5.75 Å². The summed E-state index contributed by atoms with van der Waals surface area (Å²) in [6.45, 7) is 1.84. The van der Waals surface area contributed by atoms with Crippen LogP contribution in [0.2, 0.25) is 0 Å². The van der Waals surface area contributed by atoms with Crippen LogP contribution in [0.1, 0.15) is 13.3 Å². The van der Waals surface area contributed by atoms with Crippen LogP contribution in [0.5, 0.6) is 5.75 Å². The van der Waals surface area contributed by atoms with E-state index < -0.39 is 24.1 Å². The highest BCUT2D eigenvalue weighted by Gasteiger charge is 2.33. The second-order valence-corrected chi connectivity index (χ2v) is 3.98. The van der Waals surface area contributed by atoms with Crippen molar-refractivity contribution in [2.45, 2.75) is 25.5 Å². The molecule has 0 aliphatic carbocycles. The predicted octanol–water partition coefficient (Wildman–Crippen LogP) is 1.43. The number of nitrogens with one attached hydrogen (secondary N) is 2. The van der Waals surface area contributed by atoms with E-state index in [0.29, 0.717) is 17.9 Å². The van der Waals surface area contributed by atoms with E-state index in [0.717, 1.165) is 0 Å². The molecular weight excluding hydrogens is 236 g/mol. The third kappa shape index (κ3) is 2.37. The number of hydrogen-bond donors (Lipinski definition) is 3. The van der Waals surface area contributed by atoms with Gasteiger partial charge in [-0.25, -0.2) is 4.79 Å². The van der Waals surface area contributed by atoms with Crippen molar-refractivity contribution in [1.82, 2.24) is 5.32 Å². The minimum absolute atomic E-state index is 0.408. The van der Waals surface area contributed by atoms with Gasteiger partial charge in [0.2, 0.25) is 0 Å². The second kappa shape index (κ2) is 4.95. The average molecular weight is 250 g/mol. The molecule has 0 saturated carbocycles. The molecule has 6 heteroatoms. The van der Waals surface area contributed by atoms with Crippen molar-refractivity contribution < 1.29 is 19.4 Å². The van der Waals surface area contributed by atoms with Gasteiger partial charge in [0.15, 0.2) is 0 Å². The Labute approximate surface area is 104 Å². The molecule has 1 heterocycles. The van der Waals surface area contributed by atoms with E-state index in [1.54, 1.807) is 24.3 Å². The highest BCUT2D eigenvalue weighted by Crippen LogP contribution is 2.29. The molecule has 6 nitrogen and oxygen atoms in total. The summed E-state index contributed by atoms with van der Waals surface area (Å²) in [5.41, 5.74) is 0.552. The van der Waals surface area contributed by atoms with E-state index in [1.807, 2.05) is 6.92 Å². The minimum atomic E-state index is -1.25. The largest absolute Gasteiger partial charge is 0.486 e. The van der Waals surface area contributed by atoms with Crippen molar-refractivity contribution in [1.29, 1.82) is 0 Å². The van der Waals surface area contributed by atoms with Crippen LogP contribution in [-0.4, -0.2) is 29.3 Å². The molecule has 2 rings (SSSR count). The molecule has 0 saturated heterocycles. The van der Waals surface area contributed by atoms with E-state index >= 15 is 0 Å². The molecule has 0 bridgehead atoms. The molecule has 1 aromatic rings. The number of benzene rings is 1. The SMILES string of the molecule is CC[C@H]1Oc2ccccc2NC(=O)[C@H]1NC(=O)O. The number of ether oxygens (including phenoxy) is 1. The smallest absolute Gasteiger partial charge is 0.405 e. The van der Waals surface area contributed by atoms with Gasteiger partial charge in [0.05, 0.1) is 5.69 Å². The van der Waals surface area contributed by atoms with Crippen LogP contribution in [0.3, 0.4) is 0 Å². The molecule has 2 amide bonds. The number of rotatable bonds is 2. The molecule has 0 radical (unpaired) electrons. The van der Waals surface area contributed by atoms with Gasteiger partial charge in [0.1, 0.15) is 17.9 Å². The lowest BCUT2D eigenvalue weighted by Gasteiger charge is -2.22. The van der Waals surface area contributed by atoms with Crippen molar-refractivity contribution in [2.24, 2.45) is 0 Å². The van der Waals surface area contributed by atoms with Crippen molar-refractivity contribution in [3.05, 3.63) is 24.3 Å². The highest BCUT2D eigenvalue weighted by atomic mass is 16.5. The van der Waals surface area contributed by atoms with Gasteiger partial charge >= 0.3 is 6.09 Å². The lowest BCUT2D eigenvalue weighted by atomic mass is 10.1. The van der Waals surface area contributed by atoms with Gasteiger partial charge in [-0.15, -0.1) is 0 Å². The summed E-state index contributed by atoms with van der Waals surface area (Å²) in [6, 6.07) is 6.10. The average Bonchev–Trinajstić information content (AvgIpc) is 2.46. The van der Waals surface area contributed by atoms with Crippen LogP contribution in [-0.2, 0) is 4.79 Å². The third-order valence-corrected chi connectivity index (χ3v) is 2.76. The zero-order valence-corrected chi connectivity index (χ0v) is 9.84. The van der Waals surface area contributed by atoms with E-state index in [2.05, 4.69) is 10.6 Å². The Bertz CT molecular complexity index is 475. The van der Waals surface area contributed by atoms with Crippen LogP contribution < -0.4 is 15.4 Å². The molecule has 18 heavy (non-hydrogen) atoms. The summed E-state index contributed by atoms with van der Waals surface area (Å²) in [5, 5.41) is 13.6. The molecule has 0 aromatic heterocycles. The molecule has 1 aliphatic heterocycles. The monoisotopic (exact) mass is 250 g/mol. The van der Waals surface area contributed by atoms with Gasteiger partial charge in [-0.2, -0.15) is 0 Å². The Hall–Kier alpha value is -2.24. The molecule has 2 atom stereocenters. The summed E-state index contributed by atoms with van der Waals surface area (Å²) in [7, 11) is 0. The Morgan fingerprint density at radius 2 is 2.22 bits per heavy atom. The molecule has 0 spiro atoms. The van der Waals surface area contributed by atoms with Crippen molar-refractivity contribution in [3.63, 3.8) is 0 Å². The lowest BCUT2D eigenvalue weighted by molar-refractivity contribution is -0.119. The molecule has 3 N–H and O–H groups in total. The molecule has 96 valence electrons. The van der Waals surface area contributed by atoms with Crippen LogP contribution in [0.25, 0.3) is 0 Å². The first kappa shape index (κ1) is 12.2. The normalized spacial score (nSPS) is 22.2. The molecule has 0 unspecified atom stereocenters.